The normalized spacial score (nSPS) is 12.0. The van der Waals surface area contributed by atoms with E-state index in [9.17, 15) is 13.5 Å². The van der Waals surface area contributed by atoms with E-state index >= 15 is 0 Å². The molecule has 0 aliphatic carbocycles. The number of hydrogen-bond acceptors (Lipinski definition) is 6. The molecule has 21 heavy (non-hydrogen) atoms. The molecular formula is C14H19N3O3S. The van der Waals surface area contributed by atoms with Gasteiger partial charge in [0, 0.05) is 24.2 Å². The zero-order valence-electron chi connectivity index (χ0n) is 12.3. The molecule has 7 heteroatoms. The lowest BCUT2D eigenvalue weighted by molar-refractivity contribution is 0.298. The Labute approximate surface area is 124 Å². The number of sulfone groups is 1. The number of hydrogen-bond donors (Lipinski definition) is 1. The molecule has 0 radical (unpaired) electrons. The summed E-state index contributed by atoms with van der Waals surface area (Å²) in [7, 11) is -3.29. The fourth-order valence-electron chi connectivity index (χ4n) is 2.20. The quantitative estimate of drug-likeness (QED) is 0.894. The van der Waals surface area contributed by atoms with Crippen LogP contribution in [-0.4, -0.2) is 48.9 Å². The summed E-state index contributed by atoms with van der Waals surface area (Å²) in [5.41, 5.74) is 0.677. The van der Waals surface area contributed by atoms with Gasteiger partial charge >= 0.3 is 0 Å². The van der Waals surface area contributed by atoms with Gasteiger partial charge in [-0.25, -0.2) is 18.4 Å². The van der Waals surface area contributed by atoms with Crippen LogP contribution in [0.5, 0.6) is 0 Å². The number of rotatable bonds is 5. The van der Waals surface area contributed by atoms with E-state index in [0.29, 0.717) is 23.3 Å². The van der Waals surface area contributed by atoms with Crippen LogP contribution in [-0.2, 0) is 9.84 Å². The van der Waals surface area contributed by atoms with Gasteiger partial charge in [0.15, 0.2) is 9.84 Å². The molecule has 0 amide bonds. The molecule has 1 N–H and O–H groups in total. The van der Waals surface area contributed by atoms with Gasteiger partial charge in [-0.3, -0.25) is 0 Å². The van der Waals surface area contributed by atoms with Crippen LogP contribution in [0, 0.1) is 0 Å². The molecule has 1 aromatic carbocycles. The summed E-state index contributed by atoms with van der Waals surface area (Å²) in [6.07, 6.45) is 2.62. The van der Waals surface area contributed by atoms with E-state index in [0.717, 1.165) is 0 Å². The van der Waals surface area contributed by atoms with Crippen molar-refractivity contribution >= 4 is 26.6 Å². The highest BCUT2D eigenvalue weighted by atomic mass is 32.2. The summed E-state index contributed by atoms with van der Waals surface area (Å²) < 4.78 is 23.4. The number of aliphatic hydroxyl groups excluding tert-OH is 1. The molecule has 0 saturated carbocycles. The van der Waals surface area contributed by atoms with Crippen LogP contribution >= 0.6 is 0 Å². The standard InChI is InChI=1S/C14H19N3O3S/c1-10(2)17(6-7-18)14-12-8-11(21(3,19)20)4-5-13(12)15-9-16-14/h4-5,8-10,18H,6-7H2,1-3H3. The van der Waals surface area contributed by atoms with Gasteiger partial charge in [0.05, 0.1) is 17.0 Å². The van der Waals surface area contributed by atoms with E-state index in [1.54, 1.807) is 18.2 Å². The van der Waals surface area contributed by atoms with Gasteiger partial charge in [0.2, 0.25) is 0 Å². The monoisotopic (exact) mass is 309 g/mol. The smallest absolute Gasteiger partial charge is 0.175 e. The molecule has 114 valence electrons. The molecule has 2 aromatic rings. The van der Waals surface area contributed by atoms with E-state index < -0.39 is 9.84 Å². The first-order valence-corrected chi connectivity index (χ1v) is 8.56. The fraction of sp³-hybridized carbons (Fsp3) is 0.429. The van der Waals surface area contributed by atoms with Gasteiger partial charge in [0.1, 0.15) is 12.1 Å². The lowest BCUT2D eigenvalue weighted by Gasteiger charge is -2.28. The average Bonchev–Trinajstić information content (AvgIpc) is 2.42. The van der Waals surface area contributed by atoms with Crippen LogP contribution in [0.3, 0.4) is 0 Å². The van der Waals surface area contributed by atoms with Gasteiger partial charge < -0.3 is 10.0 Å². The van der Waals surface area contributed by atoms with E-state index in [-0.39, 0.29) is 17.5 Å². The Bertz CT molecular complexity index is 744. The third-order valence-electron chi connectivity index (χ3n) is 3.25. The Morgan fingerprint density at radius 2 is 2.00 bits per heavy atom. The first kappa shape index (κ1) is 15.7. The van der Waals surface area contributed by atoms with Gasteiger partial charge in [0.25, 0.3) is 0 Å². The van der Waals surface area contributed by atoms with Gasteiger partial charge in [-0.1, -0.05) is 0 Å². The summed E-state index contributed by atoms with van der Waals surface area (Å²) >= 11 is 0. The van der Waals surface area contributed by atoms with Crippen molar-refractivity contribution in [1.29, 1.82) is 0 Å². The Balaban J connectivity index is 2.68. The van der Waals surface area contributed by atoms with Crippen LogP contribution in [0.1, 0.15) is 13.8 Å². The molecule has 0 spiro atoms. The van der Waals surface area contributed by atoms with E-state index in [1.165, 1.54) is 12.6 Å². The topological polar surface area (TPSA) is 83.4 Å². The molecule has 6 nitrogen and oxygen atoms in total. The summed E-state index contributed by atoms with van der Waals surface area (Å²) in [4.78, 5) is 10.6. The lowest BCUT2D eigenvalue weighted by atomic mass is 10.2. The first-order chi connectivity index (χ1) is 9.84. The highest BCUT2D eigenvalue weighted by Gasteiger charge is 2.17. The molecule has 0 unspecified atom stereocenters. The molecule has 1 heterocycles. The third-order valence-corrected chi connectivity index (χ3v) is 4.36. The number of nitrogens with zero attached hydrogens (tertiary/aromatic N) is 3. The Kier molecular flexibility index (Phi) is 4.43. The van der Waals surface area contributed by atoms with Crippen LogP contribution in [0.2, 0.25) is 0 Å². The number of aromatic nitrogens is 2. The highest BCUT2D eigenvalue weighted by Crippen LogP contribution is 2.26. The van der Waals surface area contributed by atoms with Crippen molar-refractivity contribution in [3.05, 3.63) is 24.5 Å². The predicted molar refractivity (Wildman–Crippen MR) is 82.2 cm³/mol. The zero-order valence-corrected chi connectivity index (χ0v) is 13.1. The molecule has 0 atom stereocenters. The fourth-order valence-corrected chi connectivity index (χ4v) is 2.85. The Hall–Kier alpha value is -1.73. The Morgan fingerprint density at radius 1 is 1.29 bits per heavy atom. The second-order valence-electron chi connectivity index (χ2n) is 5.16. The SMILES string of the molecule is CC(C)N(CCO)c1ncnc2ccc(S(C)(=O)=O)cc12. The molecule has 0 bridgehead atoms. The number of aliphatic hydroxyl groups is 1. The summed E-state index contributed by atoms with van der Waals surface area (Å²) in [5, 5.41) is 9.89. The van der Waals surface area contributed by atoms with Crippen LogP contribution in [0.25, 0.3) is 10.9 Å². The highest BCUT2D eigenvalue weighted by molar-refractivity contribution is 7.90. The second kappa shape index (κ2) is 5.95. The zero-order chi connectivity index (χ0) is 15.6. The van der Waals surface area contributed by atoms with E-state index in [2.05, 4.69) is 9.97 Å². The van der Waals surface area contributed by atoms with Crippen molar-refractivity contribution in [3.8, 4) is 0 Å². The summed E-state index contributed by atoms with van der Waals surface area (Å²) in [6.45, 7) is 4.40. The van der Waals surface area contributed by atoms with Gasteiger partial charge in [-0.05, 0) is 32.0 Å². The molecule has 2 rings (SSSR count). The molecule has 1 aromatic heterocycles. The molecule has 0 aliphatic heterocycles. The minimum atomic E-state index is -3.29. The van der Waals surface area contributed by atoms with Crippen molar-refractivity contribution in [2.45, 2.75) is 24.8 Å². The van der Waals surface area contributed by atoms with Crippen molar-refractivity contribution in [2.75, 3.05) is 24.3 Å². The van der Waals surface area contributed by atoms with Gasteiger partial charge in [-0.15, -0.1) is 0 Å². The number of fused-ring (bicyclic) bond motifs is 1. The molecular weight excluding hydrogens is 290 g/mol. The summed E-state index contributed by atoms with van der Waals surface area (Å²) in [5.74, 6) is 0.634. The van der Waals surface area contributed by atoms with E-state index in [4.69, 9.17) is 0 Å². The molecule has 0 fully saturated rings. The van der Waals surface area contributed by atoms with Crippen molar-refractivity contribution in [3.63, 3.8) is 0 Å². The minimum Gasteiger partial charge on any atom is -0.395 e. The number of anilines is 1. The molecule has 0 aliphatic rings. The second-order valence-corrected chi connectivity index (χ2v) is 7.17. The van der Waals surface area contributed by atoms with Crippen molar-refractivity contribution < 1.29 is 13.5 Å². The third kappa shape index (κ3) is 3.30. The molecule has 0 saturated heterocycles. The largest absolute Gasteiger partial charge is 0.395 e. The average molecular weight is 309 g/mol. The maximum absolute atomic E-state index is 11.7. The lowest BCUT2D eigenvalue weighted by Crippen LogP contribution is -2.34. The maximum Gasteiger partial charge on any atom is 0.175 e. The first-order valence-electron chi connectivity index (χ1n) is 6.67. The maximum atomic E-state index is 11.7. The summed E-state index contributed by atoms with van der Waals surface area (Å²) in [6, 6.07) is 4.93. The van der Waals surface area contributed by atoms with Crippen molar-refractivity contribution in [2.24, 2.45) is 0 Å². The minimum absolute atomic E-state index is 0.00452. The Morgan fingerprint density at radius 3 is 2.57 bits per heavy atom. The van der Waals surface area contributed by atoms with Crippen LogP contribution in [0.4, 0.5) is 5.82 Å². The van der Waals surface area contributed by atoms with Crippen LogP contribution in [0.15, 0.2) is 29.4 Å². The number of benzene rings is 1. The van der Waals surface area contributed by atoms with Gasteiger partial charge in [-0.2, -0.15) is 0 Å². The van der Waals surface area contributed by atoms with Crippen molar-refractivity contribution in [1.82, 2.24) is 9.97 Å². The predicted octanol–water partition coefficient (Wildman–Crippen LogP) is 1.24. The van der Waals surface area contributed by atoms with E-state index in [1.807, 2.05) is 18.7 Å². The van der Waals surface area contributed by atoms with Crippen LogP contribution < -0.4 is 4.90 Å².